The summed E-state index contributed by atoms with van der Waals surface area (Å²) in [6, 6.07) is 25.5. The summed E-state index contributed by atoms with van der Waals surface area (Å²) in [6.45, 7) is 7.40. The average molecular weight is 544 g/mol. The van der Waals surface area contributed by atoms with Gasteiger partial charge in [-0.2, -0.15) is 0 Å². The zero-order valence-corrected chi connectivity index (χ0v) is 24.7. The molecule has 0 saturated heterocycles. The first kappa shape index (κ1) is 28.9. The Bertz CT molecular complexity index is 1320. The number of aryl methyl sites for hydroxylation is 2. The second kappa shape index (κ2) is 13.3. The molecule has 1 aliphatic rings. The van der Waals surface area contributed by atoms with Gasteiger partial charge in [0.1, 0.15) is 0 Å². The van der Waals surface area contributed by atoms with Gasteiger partial charge in [0.15, 0.2) is 0 Å². The quantitative estimate of drug-likeness (QED) is 0.230. The van der Waals surface area contributed by atoms with E-state index in [9.17, 15) is 0 Å². The number of halogens is 1. The molecule has 0 saturated carbocycles. The maximum atomic E-state index is 6.00. The summed E-state index contributed by atoms with van der Waals surface area (Å²) < 4.78 is 0. The van der Waals surface area contributed by atoms with E-state index in [-0.39, 0.29) is 5.54 Å². The molecule has 4 aromatic rings. The van der Waals surface area contributed by atoms with Crippen LogP contribution in [-0.4, -0.2) is 56.2 Å². The maximum absolute atomic E-state index is 6.00. The molecule has 2 N–H and O–H groups in total. The van der Waals surface area contributed by atoms with Crippen molar-refractivity contribution in [3.8, 4) is 0 Å². The van der Waals surface area contributed by atoms with Gasteiger partial charge < -0.3 is 20.4 Å². The van der Waals surface area contributed by atoms with Crippen molar-refractivity contribution in [1.82, 2.24) is 15.2 Å². The zero-order valence-electron chi connectivity index (χ0n) is 24.0. The number of pyridine rings is 1. The van der Waals surface area contributed by atoms with E-state index in [2.05, 4.69) is 102 Å². The van der Waals surface area contributed by atoms with E-state index in [0.29, 0.717) is 5.02 Å². The molecule has 0 atom stereocenters. The van der Waals surface area contributed by atoms with Crippen molar-refractivity contribution in [2.75, 3.05) is 51.0 Å². The smallest absolute Gasteiger partial charge is 0.0737 e. The molecule has 1 aliphatic heterocycles. The first-order valence-electron chi connectivity index (χ1n) is 13.8. The highest BCUT2D eigenvalue weighted by Gasteiger charge is 2.21. The van der Waals surface area contributed by atoms with E-state index >= 15 is 0 Å². The van der Waals surface area contributed by atoms with Crippen molar-refractivity contribution < 1.29 is 0 Å². The van der Waals surface area contributed by atoms with Gasteiger partial charge in [-0.25, -0.2) is 0 Å². The van der Waals surface area contributed by atoms with Crippen molar-refractivity contribution >= 4 is 39.6 Å². The van der Waals surface area contributed by atoms with Crippen molar-refractivity contribution in [3.63, 3.8) is 0 Å². The first-order chi connectivity index (χ1) is 18.8. The molecule has 0 fully saturated rings. The van der Waals surface area contributed by atoms with Crippen LogP contribution in [0.4, 0.5) is 17.1 Å². The van der Waals surface area contributed by atoms with Gasteiger partial charge in [-0.3, -0.25) is 4.98 Å². The molecular weight excluding hydrogens is 502 g/mol. The summed E-state index contributed by atoms with van der Waals surface area (Å²) in [5.74, 6) is 0. The van der Waals surface area contributed by atoms with Crippen LogP contribution in [-0.2, 0) is 12.8 Å². The van der Waals surface area contributed by atoms with Crippen LogP contribution in [0.15, 0.2) is 79.0 Å². The second-order valence-electron chi connectivity index (χ2n) is 10.9. The molecule has 5 nitrogen and oxygen atoms in total. The largest absolute Gasteiger partial charge is 0.383 e. The van der Waals surface area contributed by atoms with E-state index in [1.807, 2.05) is 37.5 Å². The van der Waals surface area contributed by atoms with E-state index in [4.69, 9.17) is 11.6 Å². The normalized spacial score (nSPS) is 12.8. The molecule has 0 spiro atoms. The number of nitrogens with one attached hydrogen (secondary N) is 2. The molecule has 39 heavy (non-hydrogen) atoms. The Morgan fingerprint density at radius 1 is 0.923 bits per heavy atom. The van der Waals surface area contributed by atoms with Gasteiger partial charge in [-0.15, -0.1) is 0 Å². The first-order valence-corrected chi connectivity index (χ1v) is 14.2. The number of benzene rings is 3. The summed E-state index contributed by atoms with van der Waals surface area (Å²) in [4.78, 5) is 9.05. The fourth-order valence-electron chi connectivity index (χ4n) is 4.77. The molecule has 2 heterocycles. The second-order valence-corrected chi connectivity index (χ2v) is 11.4. The predicted octanol–water partition coefficient (Wildman–Crippen LogP) is 7.17. The lowest BCUT2D eigenvalue weighted by atomic mass is 10.0. The Morgan fingerprint density at radius 3 is 2.18 bits per heavy atom. The third-order valence-electron chi connectivity index (χ3n) is 7.66. The van der Waals surface area contributed by atoms with E-state index in [1.165, 1.54) is 22.5 Å². The topological polar surface area (TPSA) is 43.4 Å². The number of aromatic nitrogens is 1. The van der Waals surface area contributed by atoms with Gasteiger partial charge in [0, 0.05) is 52.3 Å². The monoisotopic (exact) mass is 543 g/mol. The Hall–Kier alpha value is -3.12. The number of likely N-dealkylation sites (N-methyl/N-ethyl adjacent to an activating group) is 1. The average Bonchev–Trinajstić information content (AvgIpc) is 3.09. The third-order valence-corrected chi connectivity index (χ3v) is 7.90. The van der Waals surface area contributed by atoms with Crippen LogP contribution in [0, 0.1) is 0 Å². The lowest BCUT2D eigenvalue weighted by Crippen LogP contribution is -2.44. The van der Waals surface area contributed by atoms with Crippen molar-refractivity contribution in [1.29, 1.82) is 0 Å². The number of nitrogens with zero attached hydrogens (tertiary/aromatic N) is 3. The van der Waals surface area contributed by atoms with Crippen LogP contribution >= 0.6 is 11.6 Å². The highest BCUT2D eigenvalue weighted by molar-refractivity contribution is 6.31. The van der Waals surface area contributed by atoms with Crippen molar-refractivity contribution in [2.24, 2.45) is 0 Å². The standard InChI is InChI=1S/C18H22N2.C15H20ClN3/c1-19-13-6-14-20-17-9-4-2-7-15(17)11-12-16-8-3-5-10-18(16)20;1-15(2,19(3)4)10-18-13-7-8-17-14-9-11(16)5-6-12(13)14/h2-5,7-10,19H,6,11-14H2,1H3;5-9H,10H2,1-4H3,(H,17,18). The Balaban J connectivity index is 0.000000181. The minimum atomic E-state index is 0.0853. The third kappa shape index (κ3) is 7.30. The molecule has 0 amide bonds. The Labute approximate surface area is 239 Å². The number of rotatable bonds is 8. The number of anilines is 3. The predicted molar refractivity (Wildman–Crippen MR) is 169 cm³/mol. The summed E-state index contributed by atoms with van der Waals surface area (Å²) in [5, 5.41) is 8.56. The van der Waals surface area contributed by atoms with Crippen LogP contribution in [0.5, 0.6) is 0 Å². The van der Waals surface area contributed by atoms with Gasteiger partial charge in [-0.05, 0) is 108 Å². The summed E-state index contributed by atoms with van der Waals surface area (Å²) in [5.41, 5.74) is 7.79. The van der Waals surface area contributed by atoms with Gasteiger partial charge in [0.25, 0.3) is 0 Å². The number of para-hydroxylation sites is 2. The Morgan fingerprint density at radius 2 is 1.56 bits per heavy atom. The van der Waals surface area contributed by atoms with Gasteiger partial charge in [-0.1, -0.05) is 48.0 Å². The van der Waals surface area contributed by atoms with E-state index in [1.54, 1.807) is 0 Å². The molecule has 0 radical (unpaired) electrons. The molecule has 6 heteroatoms. The molecule has 3 aromatic carbocycles. The fraction of sp³-hybridized carbons (Fsp3) is 0.364. The summed E-state index contributed by atoms with van der Waals surface area (Å²) in [7, 11) is 6.20. The highest BCUT2D eigenvalue weighted by Crippen LogP contribution is 2.35. The fourth-order valence-corrected chi connectivity index (χ4v) is 4.94. The number of hydrogen-bond acceptors (Lipinski definition) is 5. The van der Waals surface area contributed by atoms with Crippen LogP contribution < -0.4 is 15.5 Å². The van der Waals surface area contributed by atoms with E-state index < -0.39 is 0 Å². The molecule has 0 aliphatic carbocycles. The van der Waals surface area contributed by atoms with Crippen LogP contribution in [0.25, 0.3) is 10.9 Å². The maximum Gasteiger partial charge on any atom is 0.0737 e. The lowest BCUT2D eigenvalue weighted by molar-refractivity contribution is 0.210. The highest BCUT2D eigenvalue weighted by atomic mass is 35.5. The molecule has 0 unspecified atom stereocenters. The summed E-state index contributed by atoms with van der Waals surface area (Å²) >= 11 is 6.00. The zero-order chi connectivity index (χ0) is 27.8. The van der Waals surface area contributed by atoms with Crippen LogP contribution in [0.2, 0.25) is 5.02 Å². The van der Waals surface area contributed by atoms with Crippen molar-refractivity contribution in [2.45, 2.75) is 38.6 Å². The van der Waals surface area contributed by atoms with Crippen LogP contribution in [0.1, 0.15) is 31.4 Å². The van der Waals surface area contributed by atoms with Gasteiger partial charge in [0.2, 0.25) is 0 Å². The molecule has 1 aromatic heterocycles. The molecule has 5 rings (SSSR count). The van der Waals surface area contributed by atoms with Gasteiger partial charge in [0.05, 0.1) is 5.52 Å². The number of fused-ring (bicyclic) bond motifs is 3. The summed E-state index contributed by atoms with van der Waals surface area (Å²) in [6.07, 6.45) is 5.23. The molecule has 206 valence electrons. The molecule has 0 bridgehead atoms. The van der Waals surface area contributed by atoms with E-state index in [0.717, 1.165) is 55.5 Å². The lowest BCUT2D eigenvalue weighted by Gasteiger charge is -2.33. The SMILES string of the molecule is CN(C)C(C)(C)CNc1ccnc2cc(Cl)ccc12.CNCCCN1c2ccccc2CCc2ccccc21. The van der Waals surface area contributed by atoms with Crippen molar-refractivity contribution in [3.05, 3.63) is 95.1 Å². The molecular formula is C33H42ClN5. The number of hydrogen-bond donors (Lipinski definition) is 2. The minimum absolute atomic E-state index is 0.0853. The Kier molecular flexibility index (Phi) is 9.84. The van der Waals surface area contributed by atoms with Crippen LogP contribution in [0.3, 0.4) is 0 Å². The van der Waals surface area contributed by atoms with Gasteiger partial charge >= 0.3 is 0 Å². The minimum Gasteiger partial charge on any atom is -0.383 e.